The van der Waals surface area contributed by atoms with Crippen molar-refractivity contribution in [2.45, 2.75) is 13.2 Å². The zero-order chi connectivity index (χ0) is 13.0. The van der Waals surface area contributed by atoms with Crippen LogP contribution >= 0.6 is 11.6 Å². The van der Waals surface area contributed by atoms with E-state index in [1.165, 1.54) is 12.1 Å². The summed E-state index contributed by atoms with van der Waals surface area (Å²) in [5.74, 6) is 0.335. The molecule has 2 aromatic rings. The molecule has 0 aromatic heterocycles. The van der Waals surface area contributed by atoms with Crippen molar-refractivity contribution in [3.63, 3.8) is 0 Å². The molecule has 0 heterocycles. The van der Waals surface area contributed by atoms with Gasteiger partial charge in [0.05, 0.1) is 5.02 Å². The smallest absolute Gasteiger partial charge is 0.138 e. The third kappa shape index (κ3) is 3.22. The van der Waals surface area contributed by atoms with Gasteiger partial charge in [0.2, 0.25) is 0 Å². The highest BCUT2D eigenvalue weighted by Gasteiger charge is 2.03. The molecule has 0 spiro atoms. The molecule has 0 bridgehead atoms. The number of halogens is 2. The highest BCUT2D eigenvalue weighted by molar-refractivity contribution is 6.32. The van der Waals surface area contributed by atoms with Crippen LogP contribution in [0.15, 0.2) is 42.5 Å². The molecule has 0 saturated carbocycles. The molecular weight excluding hydrogens is 253 g/mol. The number of nitrogens with two attached hydrogens (primary N) is 1. The van der Waals surface area contributed by atoms with E-state index in [-0.39, 0.29) is 5.82 Å². The van der Waals surface area contributed by atoms with Crippen molar-refractivity contribution < 1.29 is 9.13 Å². The molecule has 2 aromatic carbocycles. The van der Waals surface area contributed by atoms with Crippen LogP contribution in [0.1, 0.15) is 11.1 Å². The van der Waals surface area contributed by atoms with Crippen LogP contribution in [0.5, 0.6) is 5.75 Å². The summed E-state index contributed by atoms with van der Waals surface area (Å²) in [5.41, 5.74) is 7.35. The van der Waals surface area contributed by atoms with E-state index in [1.54, 1.807) is 24.3 Å². The lowest BCUT2D eigenvalue weighted by molar-refractivity contribution is 0.306. The molecule has 0 radical (unpaired) electrons. The van der Waals surface area contributed by atoms with Crippen LogP contribution in [0, 0.1) is 5.82 Å². The van der Waals surface area contributed by atoms with E-state index in [4.69, 9.17) is 22.1 Å². The molecule has 0 unspecified atom stereocenters. The van der Waals surface area contributed by atoms with E-state index in [9.17, 15) is 4.39 Å². The lowest BCUT2D eigenvalue weighted by Gasteiger charge is -2.09. The highest BCUT2D eigenvalue weighted by atomic mass is 35.5. The lowest BCUT2D eigenvalue weighted by Crippen LogP contribution is -1.99. The zero-order valence-corrected chi connectivity index (χ0v) is 10.5. The molecule has 0 fully saturated rings. The second-order valence-electron chi connectivity index (χ2n) is 3.88. The first-order valence-corrected chi connectivity index (χ1v) is 5.92. The summed E-state index contributed by atoms with van der Waals surface area (Å²) >= 11 is 6.06. The molecule has 4 heteroatoms. The van der Waals surface area contributed by atoms with Crippen molar-refractivity contribution in [1.29, 1.82) is 0 Å². The van der Waals surface area contributed by atoms with E-state index in [0.29, 0.717) is 23.9 Å². The largest absolute Gasteiger partial charge is 0.487 e. The maximum Gasteiger partial charge on any atom is 0.138 e. The van der Waals surface area contributed by atoms with Gasteiger partial charge in [0.1, 0.15) is 18.2 Å². The van der Waals surface area contributed by atoms with Crippen LogP contribution < -0.4 is 10.5 Å². The highest BCUT2D eigenvalue weighted by Crippen LogP contribution is 2.26. The summed E-state index contributed by atoms with van der Waals surface area (Å²) in [5, 5.41) is 0.528. The summed E-state index contributed by atoms with van der Waals surface area (Å²) in [6.45, 7) is 0.792. The van der Waals surface area contributed by atoms with Crippen molar-refractivity contribution in [1.82, 2.24) is 0 Å². The molecule has 2 rings (SSSR count). The van der Waals surface area contributed by atoms with Gasteiger partial charge in [0.15, 0.2) is 0 Å². The molecule has 94 valence electrons. The number of benzene rings is 2. The van der Waals surface area contributed by atoms with Crippen LogP contribution in [0.25, 0.3) is 0 Å². The minimum Gasteiger partial charge on any atom is -0.487 e. The van der Waals surface area contributed by atoms with Gasteiger partial charge in [-0.3, -0.25) is 0 Å². The predicted octanol–water partition coefficient (Wildman–Crippen LogP) is 3.52. The summed E-state index contributed by atoms with van der Waals surface area (Å²) in [6, 6.07) is 11.6. The van der Waals surface area contributed by atoms with E-state index >= 15 is 0 Å². The normalized spacial score (nSPS) is 10.4. The molecule has 0 aliphatic carbocycles. The average Bonchev–Trinajstić information content (AvgIpc) is 2.39. The quantitative estimate of drug-likeness (QED) is 0.918. The molecule has 0 aliphatic rings. The van der Waals surface area contributed by atoms with Crippen molar-refractivity contribution in [2.24, 2.45) is 5.73 Å². The van der Waals surface area contributed by atoms with Crippen LogP contribution in [0.3, 0.4) is 0 Å². The molecule has 0 amide bonds. The Morgan fingerprint density at radius 3 is 2.33 bits per heavy atom. The van der Waals surface area contributed by atoms with Gasteiger partial charge in [0.25, 0.3) is 0 Å². The summed E-state index contributed by atoms with van der Waals surface area (Å²) in [6.07, 6.45) is 0. The fourth-order valence-corrected chi connectivity index (χ4v) is 1.79. The standard InChI is InChI=1S/C14H13ClFNO/c15-13-7-11(8-17)3-6-14(13)18-9-10-1-4-12(16)5-2-10/h1-7H,8-9,17H2. The van der Waals surface area contributed by atoms with Crippen molar-refractivity contribution in [3.05, 3.63) is 64.4 Å². The maximum absolute atomic E-state index is 12.7. The SMILES string of the molecule is NCc1ccc(OCc2ccc(F)cc2)c(Cl)c1. The van der Waals surface area contributed by atoms with Gasteiger partial charge in [0, 0.05) is 6.54 Å². The Bertz CT molecular complexity index is 528. The summed E-state index contributed by atoms with van der Waals surface area (Å²) in [4.78, 5) is 0. The molecule has 2 N–H and O–H groups in total. The third-order valence-electron chi connectivity index (χ3n) is 2.54. The fraction of sp³-hybridized carbons (Fsp3) is 0.143. The van der Waals surface area contributed by atoms with Gasteiger partial charge in [-0.2, -0.15) is 0 Å². The first-order chi connectivity index (χ1) is 8.69. The first kappa shape index (κ1) is 12.9. The minimum absolute atomic E-state index is 0.260. The van der Waals surface area contributed by atoms with E-state index in [0.717, 1.165) is 11.1 Å². The second kappa shape index (κ2) is 5.85. The number of rotatable bonds is 4. The summed E-state index contributed by atoms with van der Waals surface area (Å²) in [7, 11) is 0. The van der Waals surface area contributed by atoms with Gasteiger partial charge in [-0.15, -0.1) is 0 Å². The molecule has 0 atom stereocenters. The van der Waals surface area contributed by atoms with Crippen molar-refractivity contribution >= 4 is 11.6 Å². The van der Waals surface area contributed by atoms with Gasteiger partial charge < -0.3 is 10.5 Å². The van der Waals surface area contributed by atoms with Crippen molar-refractivity contribution in [2.75, 3.05) is 0 Å². The first-order valence-electron chi connectivity index (χ1n) is 5.55. The summed E-state index contributed by atoms with van der Waals surface area (Å²) < 4.78 is 18.3. The van der Waals surface area contributed by atoms with Gasteiger partial charge in [-0.25, -0.2) is 4.39 Å². The fourth-order valence-electron chi connectivity index (χ4n) is 1.53. The van der Waals surface area contributed by atoms with Crippen molar-refractivity contribution in [3.8, 4) is 5.75 Å². The number of ether oxygens (including phenoxy) is 1. The Kier molecular flexibility index (Phi) is 4.18. The maximum atomic E-state index is 12.7. The second-order valence-corrected chi connectivity index (χ2v) is 4.29. The number of hydrogen-bond acceptors (Lipinski definition) is 2. The molecular formula is C14H13ClFNO. The number of hydrogen-bond donors (Lipinski definition) is 1. The van der Waals surface area contributed by atoms with Gasteiger partial charge in [-0.05, 0) is 35.4 Å². The Morgan fingerprint density at radius 2 is 1.72 bits per heavy atom. The predicted molar refractivity (Wildman–Crippen MR) is 70.1 cm³/mol. The Hall–Kier alpha value is -1.58. The monoisotopic (exact) mass is 265 g/mol. The average molecular weight is 266 g/mol. The van der Waals surface area contributed by atoms with Gasteiger partial charge in [-0.1, -0.05) is 29.8 Å². The molecule has 0 saturated heterocycles. The zero-order valence-electron chi connectivity index (χ0n) is 9.70. The van der Waals surface area contributed by atoms with Crippen LogP contribution in [0.4, 0.5) is 4.39 Å². The lowest BCUT2D eigenvalue weighted by atomic mass is 10.2. The molecule has 18 heavy (non-hydrogen) atoms. The topological polar surface area (TPSA) is 35.2 Å². The van der Waals surface area contributed by atoms with E-state index in [2.05, 4.69) is 0 Å². The van der Waals surface area contributed by atoms with E-state index in [1.807, 2.05) is 6.07 Å². The Balaban J connectivity index is 2.04. The Morgan fingerprint density at radius 1 is 1.06 bits per heavy atom. The minimum atomic E-state index is -0.260. The van der Waals surface area contributed by atoms with E-state index < -0.39 is 0 Å². The molecule has 2 nitrogen and oxygen atoms in total. The Labute approximate surface area is 110 Å². The van der Waals surface area contributed by atoms with Crippen LogP contribution in [-0.2, 0) is 13.2 Å². The van der Waals surface area contributed by atoms with Crippen LogP contribution in [-0.4, -0.2) is 0 Å². The van der Waals surface area contributed by atoms with Gasteiger partial charge >= 0.3 is 0 Å². The van der Waals surface area contributed by atoms with Crippen LogP contribution in [0.2, 0.25) is 5.02 Å². The third-order valence-corrected chi connectivity index (χ3v) is 2.83. The molecule has 0 aliphatic heterocycles.